The van der Waals surface area contributed by atoms with E-state index in [0.29, 0.717) is 0 Å². The number of fused-ring (bicyclic) bond motifs is 3. The molecule has 0 aliphatic rings. The normalized spacial score (nSPS) is 11.1. The number of rotatable bonds is 6. The largest absolute Gasteiger partial charge is 0.310 e. The molecule has 0 atom stereocenters. The average molecular weight is 575 g/mol. The Hall–Kier alpha value is -5.99. The highest BCUT2D eigenvalue weighted by Gasteiger charge is 2.16. The fourth-order valence-corrected chi connectivity index (χ4v) is 6.25. The molecule has 0 unspecified atom stereocenters. The summed E-state index contributed by atoms with van der Waals surface area (Å²) in [4.78, 5) is 7.54. The summed E-state index contributed by atoms with van der Waals surface area (Å²) in [7, 11) is 0. The van der Waals surface area contributed by atoms with Crippen molar-refractivity contribution in [2.24, 2.45) is 0 Å². The van der Waals surface area contributed by atoms with Gasteiger partial charge in [-0.1, -0.05) is 140 Å². The summed E-state index contributed by atoms with van der Waals surface area (Å²) in [5.41, 5.74) is 11.1. The van der Waals surface area contributed by atoms with E-state index in [0.717, 1.165) is 39.2 Å². The minimum Gasteiger partial charge on any atom is -0.310 e. The number of hydrogen-bond donors (Lipinski definition) is 0. The highest BCUT2D eigenvalue weighted by molar-refractivity contribution is 6.11. The second kappa shape index (κ2) is 11.6. The van der Waals surface area contributed by atoms with Gasteiger partial charge >= 0.3 is 0 Å². The summed E-state index contributed by atoms with van der Waals surface area (Å²) in [5.74, 6) is 0. The summed E-state index contributed by atoms with van der Waals surface area (Å²) in [6.45, 7) is 0. The molecule has 212 valence electrons. The Balaban J connectivity index is 1.29. The van der Waals surface area contributed by atoms with E-state index >= 15 is 0 Å². The molecule has 1 aromatic heterocycles. The Kier molecular flexibility index (Phi) is 6.86. The molecule has 0 bridgehead atoms. The van der Waals surface area contributed by atoms with Crippen LogP contribution in [0.5, 0.6) is 0 Å². The van der Waals surface area contributed by atoms with Gasteiger partial charge in [0.15, 0.2) is 0 Å². The molecule has 7 aromatic carbocycles. The van der Waals surface area contributed by atoms with Gasteiger partial charge < -0.3 is 4.90 Å². The number of hydrogen-bond acceptors (Lipinski definition) is 2. The molecule has 0 fully saturated rings. The zero-order chi connectivity index (χ0) is 30.0. The molecule has 8 rings (SSSR count). The van der Waals surface area contributed by atoms with E-state index in [1.807, 2.05) is 0 Å². The molecule has 45 heavy (non-hydrogen) atoms. The number of benzene rings is 7. The van der Waals surface area contributed by atoms with E-state index in [2.05, 4.69) is 187 Å². The molecule has 0 amide bonds. The SMILES string of the molecule is c1ccc(-c2ccc(N(c3cccc(-c4ccccc4)c3)c3cccc(-c4nc5ccccc5c5ccccc45)c3)cc2)cc1. The van der Waals surface area contributed by atoms with Crippen molar-refractivity contribution in [3.63, 3.8) is 0 Å². The minimum atomic E-state index is 0.989. The maximum absolute atomic E-state index is 5.20. The lowest BCUT2D eigenvalue weighted by Crippen LogP contribution is -2.10. The number of anilines is 3. The lowest BCUT2D eigenvalue weighted by atomic mass is 9.99. The third kappa shape index (κ3) is 5.13. The molecule has 0 saturated heterocycles. The summed E-state index contributed by atoms with van der Waals surface area (Å²) in [5, 5.41) is 3.54. The van der Waals surface area contributed by atoms with Crippen LogP contribution in [0.3, 0.4) is 0 Å². The van der Waals surface area contributed by atoms with Crippen molar-refractivity contribution in [2.45, 2.75) is 0 Å². The quantitative estimate of drug-likeness (QED) is 0.184. The predicted octanol–water partition coefficient (Wildman–Crippen LogP) is 11.9. The zero-order valence-electron chi connectivity index (χ0n) is 24.7. The van der Waals surface area contributed by atoms with E-state index in [-0.39, 0.29) is 0 Å². The van der Waals surface area contributed by atoms with E-state index in [1.165, 1.54) is 33.0 Å². The maximum Gasteiger partial charge on any atom is 0.0788 e. The second-order valence-electron chi connectivity index (χ2n) is 11.2. The van der Waals surface area contributed by atoms with Crippen LogP contribution in [0, 0.1) is 0 Å². The molecule has 8 aromatic rings. The van der Waals surface area contributed by atoms with Gasteiger partial charge in [0, 0.05) is 33.4 Å². The summed E-state index contributed by atoms with van der Waals surface area (Å²) >= 11 is 0. The van der Waals surface area contributed by atoms with Crippen LogP contribution in [0.2, 0.25) is 0 Å². The molecule has 0 saturated carbocycles. The van der Waals surface area contributed by atoms with Gasteiger partial charge in [-0.05, 0) is 70.1 Å². The Labute approximate surface area is 263 Å². The van der Waals surface area contributed by atoms with Gasteiger partial charge in [0.05, 0.1) is 11.2 Å². The first-order chi connectivity index (χ1) is 22.3. The molecule has 0 aliphatic heterocycles. The van der Waals surface area contributed by atoms with Crippen LogP contribution in [-0.4, -0.2) is 4.98 Å². The molecule has 0 radical (unpaired) electrons. The second-order valence-corrected chi connectivity index (χ2v) is 11.2. The Bertz CT molecular complexity index is 2260. The van der Waals surface area contributed by atoms with E-state index in [9.17, 15) is 0 Å². The van der Waals surface area contributed by atoms with E-state index in [4.69, 9.17) is 4.98 Å². The number of pyridine rings is 1. The molecule has 0 aliphatic carbocycles. The van der Waals surface area contributed by atoms with Crippen molar-refractivity contribution in [3.05, 3.63) is 182 Å². The number of aromatic nitrogens is 1. The van der Waals surface area contributed by atoms with Crippen molar-refractivity contribution in [3.8, 4) is 33.5 Å². The van der Waals surface area contributed by atoms with Crippen LogP contribution in [0.4, 0.5) is 17.1 Å². The third-order valence-electron chi connectivity index (χ3n) is 8.43. The number of para-hydroxylation sites is 1. The van der Waals surface area contributed by atoms with Crippen LogP contribution in [0.25, 0.3) is 55.2 Å². The fraction of sp³-hybridized carbons (Fsp3) is 0. The van der Waals surface area contributed by atoms with Crippen LogP contribution < -0.4 is 4.90 Å². The van der Waals surface area contributed by atoms with Gasteiger partial charge in [-0.15, -0.1) is 0 Å². The molecule has 0 spiro atoms. The molecule has 1 heterocycles. The molecule has 0 N–H and O–H groups in total. The zero-order valence-corrected chi connectivity index (χ0v) is 24.7. The van der Waals surface area contributed by atoms with Crippen LogP contribution in [-0.2, 0) is 0 Å². The molecule has 2 heteroatoms. The van der Waals surface area contributed by atoms with Gasteiger partial charge in [-0.2, -0.15) is 0 Å². The van der Waals surface area contributed by atoms with Crippen LogP contribution in [0.1, 0.15) is 0 Å². The Morgan fingerprint density at radius 2 is 0.800 bits per heavy atom. The summed E-state index contributed by atoms with van der Waals surface area (Å²) in [6, 6.07) is 64.5. The van der Waals surface area contributed by atoms with Crippen molar-refractivity contribution in [1.29, 1.82) is 0 Å². The first-order valence-electron chi connectivity index (χ1n) is 15.3. The van der Waals surface area contributed by atoms with Gasteiger partial charge in [-0.3, -0.25) is 0 Å². The molecular weight excluding hydrogens is 544 g/mol. The van der Waals surface area contributed by atoms with Gasteiger partial charge in [-0.25, -0.2) is 4.98 Å². The minimum absolute atomic E-state index is 0.989. The highest BCUT2D eigenvalue weighted by Crippen LogP contribution is 2.40. The molecular formula is C43H30N2. The third-order valence-corrected chi connectivity index (χ3v) is 8.43. The lowest BCUT2D eigenvalue weighted by Gasteiger charge is -2.27. The van der Waals surface area contributed by atoms with Crippen LogP contribution >= 0.6 is 0 Å². The first-order valence-corrected chi connectivity index (χ1v) is 15.3. The smallest absolute Gasteiger partial charge is 0.0788 e. The summed E-state index contributed by atoms with van der Waals surface area (Å²) < 4.78 is 0. The van der Waals surface area contributed by atoms with E-state index < -0.39 is 0 Å². The Morgan fingerprint density at radius 1 is 0.311 bits per heavy atom. The predicted molar refractivity (Wildman–Crippen MR) is 190 cm³/mol. The molecule has 2 nitrogen and oxygen atoms in total. The van der Waals surface area contributed by atoms with Gasteiger partial charge in [0.1, 0.15) is 0 Å². The fourth-order valence-electron chi connectivity index (χ4n) is 6.25. The Morgan fingerprint density at radius 3 is 1.49 bits per heavy atom. The summed E-state index contributed by atoms with van der Waals surface area (Å²) in [6.07, 6.45) is 0. The van der Waals surface area contributed by atoms with Crippen molar-refractivity contribution < 1.29 is 0 Å². The highest BCUT2D eigenvalue weighted by atomic mass is 15.1. The van der Waals surface area contributed by atoms with Crippen LogP contribution in [0.15, 0.2) is 182 Å². The average Bonchev–Trinajstić information content (AvgIpc) is 3.13. The lowest BCUT2D eigenvalue weighted by molar-refractivity contribution is 1.28. The van der Waals surface area contributed by atoms with Crippen molar-refractivity contribution in [2.75, 3.05) is 4.90 Å². The maximum atomic E-state index is 5.20. The van der Waals surface area contributed by atoms with Gasteiger partial charge in [0.25, 0.3) is 0 Å². The van der Waals surface area contributed by atoms with Crippen molar-refractivity contribution in [1.82, 2.24) is 4.98 Å². The first kappa shape index (κ1) is 26.6. The topological polar surface area (TPSA) is 16.1 Å². The van der Waals surface area contributed by atoms with Gasteiger partial charge in [0.2, 0.25) is 0 Å². The number of nitrogens with zero attached hydrogens (tertiary/aromatic N) is 2. The monoisotopic (exact) mass is 574 g/mol. The standard InChI is InChI=1S/C43H30N2/c1-3-13-31(14-4-1)33-25-27-36(28-26-33)45(37-19-11-17-34(29-37)32-15-5-2-6-16-32)38-20-12-18-35(30-38)43-41-23-8-7-21-39(41)40-22-9-10-24-42(40)44-43/h1-30H. The van der Waals surface area contributed by atoms with E-state index in [1.54, 1.807) is 0 Å². The van der Waals surface area contributed by atoms with Crippen molar-refractivity contribution >= 4 is 38.7 Å².